The van der Waals surface area contributed by atoms with Crippen molar-refractivity contribution in [3.8, 4) is 0 Å². The summed E-state index contributed by atoms with van der Waals surface area (Å²) in [4.78, 5) is 2.47. The molecule has 17 heavy (non-hydrogen) atoms. The number of hydrogen-bond donors (Lipinski definition) is 0. The molecule has 0 aromatic carbocycles. The molecule has 2 aliphatic rings. The van der Waals surface area contributed by atoms with Gasteiger partial charge in [-0.2, -0.15) is 0 Å². The van der Waals surface area contributed by atoms with Crippen molar-refractivity contribution in [2.24, 2.45) is 17.3 Å². The molecule has 0 amide bonds. The summed E-state index contributed by atoms with van der Waals surface area (Å²) in [6, 6.07) is 0. The van der Waals surface area contributed by atoms with Gasteiger partial charge in [-0.3, -0.25) is 0 Å². The Labute approximate surface area is 107 Å². The highest BCUT2D eigenvalue weighted by atomic mass is 15.1. The summed E-state index contributed by atoms with van der Waals surface area (Å²) in [5, 5.41) is 0. The quantitative estimate of drug-likeness (QED) is 0.660. The van der Waals surface area contributed by atoms with Crippen LogP contribution >= 0.6 is 0 Å². The second kappa shape index (κ2) is 5.29. The van der Waals surface area contributed by atoms with Gasteiger partial charge in [0, 0.05) is 18.5 Å². The van der Waals surface area contributed by atoms with Gasteiger partial charge >= 0.3 is 0 Å². The van der Waals surface area contributed by atoms with E-state index >= 15 is 0 Å². The summed E-state index contributed by atoms with van der Waals surface area (Å²) in [5.74, 6) is 1.58. The van der Waals surface area contributed by atoms with Gasteiger partial charge in [-0.1, -0.05) is 39.0 Å². The Morgan fingerprint density at radius 3 is 2.53 bits per heavy atom. The number of hydrogen-bond acceptors (Lipinski definition) is 1. The zero-order chi connectivity index (χ0) is 12.3. The van der Waals surface area contributed by atoms with Gasteiger partial charge < -0.3 is 4.90 Å². The van der Waals surface area contributed by atoms with Gasteiger partial charge in [0.2, 0.25) is 0 Å². The van der Waals surface area contributed by atoms with Crippen molar-refractivity contribution < 1.29 is 0 Å². The smallest absolute Gasteiger partial charge is 0.0173 e. The van der Waals surface area contributed by atoms with Crippen LogP contribution in [-0.2, 0) is 0 Å². The van der Waals surface area contributed by atoms with Crippen LogP contribution in [0.2, 0.25) is 0 Å². The van der Waals surface area contributed by atoms with Crippen LogP contribution in [0.5, 0.6) is 0 Å². The maximum absolute atomic E-state index is 2.47. The molecule has 0 aromatic heterocycles. The van der Waals surface area contributed by atoms with Crippen LogP contribution in [0.15, 0.2) is 24.4 Å². The fraction of sp³-hybridized carbons (Fsp3) is 0.750. The number of rotatable bonds is 3. The molecule has 1 heteroatoms. The van der Waals surface area contributed by atoms with E-state index in [2.05, 4.69) is 50.1 Å². The maximum atomic E-state index is 2.47. The zero-order valence-electron chi connectivity index (χ0n) is 11.7. The van der Waals surface area contributed by atoms with Crippen LogP contribution in [0.3, 0.4) is 0 Å². The van der Waals surface area contributed by atoms with E-state index in [4.69, 9.17) is 0 Å². The third-order valence-electron chi connectivity index (χ3n) is 4.40. The minimum absolute atomic E-state index is 0.300. The van der Waals surface area contributed by atoms with E-state index < -0.39 is 0 Å². The second-order valence-electron chi connectivity index (χ2n) is 6.37. The molecule has 96 valence electrons. The van der Waals surface area contributed by atoms with Crippen molar-refractivity contribution in [3.05, 3.63) is 24.4 Å². The maximum Gasteiger partial charge on any atom is 0.0173 e. The highest BCUT2D eigenvalue weighted by Gasteiger charge is 2.25. The topological polar surface area (TPSA) is 3.24 Å². The lowest BCUT2D eigenvalue weighted by atomic mass is 9.74. The Balaban J connectivity index is 1.93. The van der Waals surface area contributed by atoms with E-state index in [-0.39, 0.29) is 0 Å². The largest absolute Gasteiger partial charge is 0.378 e. The fourth-order valence-corrected chi connectivity index (χ4v) is 2.86. The predicted octanol–water partition coefficient (Wildman–Crippen LogP) is 4.22. The van der Waals surface area contributed by atoms with E-state index in [0.717, 1.165) is 11.8 Å². The normalized spacial score (nSPS) is 34.1. The van der Waals surface area contributed by atoms with Crippen molar-refractivity contribution in [1.29, 1.82) is 0 Å². The second-order valence-corrected chi connectivity index (χ2v) is 6.37. The average Bonchev–Trinajstić information content (AvgIpc) is 2.80. The van der Waals surface area contributed by atoms with Gasteiger partial charge in [-0.15, -0.1) is 0 Å². The molecule has 0 bridgehead atoms. The molecular weight excluding hydrogens is 206 g/mol. The van der Waals surface area contributed by atoms with Crippen LogP contribution in [0.4, 0.5) is 0 Å². The molecule has 0 aromatic rings. The first kappa shape index (κ1) is 12.7. The highest BCUT2D eigenvalue weighted by molar-refractivity contribution is 5.14. The molecule has 1 fully saturated rings. The van der Waals surface area contributed by atoms with Gasteiger partial charge in [0.15, 0.2) is 0 Å². The summed E-state index contributed by atoms with van der Waals surface area (Å²) in [7, 11) is 0. The first-order chi connectivity index (χ1) is 8.09. The Morgan fingerprint density at radius 2 is 2.00 bits per heavy atom. The Hall–Kier alpha value is -0.720. The zero-order valence-corrected chi connectivity index (χ0v) is 11.7. The van der Waals surface area contributed by atoms with Gasteiger partial charge in [0.1, 0.15) is 0 Å². The minimum Gasteiger partial charge on any atom is -0.378 e. The lowest BCUT2D eigenvalue weighted by Crippen LogP contribution is -2.21. The summed E-state index contributed by atoms with van der Waals surface area (Å²) in [6.07, 6.45) is 15.0. The molecule has 1 heterocycles. The van der Waals surface area contributed by atoms with Crippen LogP contribution in [-0.4, -0.2) is 18.0 Å². The van der Waals surface area contributed by atoms with Crippen LogP contribution in [0.25, 0.3) is 0 Å². The summed E-state index contributed by atoms with van der Waals surface area (Å²) >= 11 is 0. The van der Waals surface area contributed by atoms with Crippen LogP contribution in [0.1, 0.15) is 46.5 Å². The lowest BCUT2D eigenvalue weighted by Gasteiger charge is -2.31. The third kappa shape index (κ3) is 3.37. The van der Waals surface area contributed by atoms with Crippen molar-refractivity contribution in [2.75, 3.05) is 13.1 Å². The number of likely N-dealkylation sites (tertiary alicyclic amines) is 1. The summed E-state index contributed by atoms with van der Waals surface area (Å²) < 4.78 is 0. The Kier molecular flexibility index (Phi) is 3.96. The summed E-state index contributed by atoms with van der Waals surface area (Å²) in [5.41, 5.74) is 0.300. The van der Waals surface area contributed by atoms with Crippen LogP contribution in [0, 0.1) is 17.3 Å². The number of allylic oxidation sites excluding steroid dienone is 3. The van der Waals surface area contributed by atoms with Gasteiger partial charge in [0.25, 0.3) is 0 Å². The van der Waals surface area contributed by atoms with Gasteiger partial charge in [0.05, 0.1) is 0 Å². The lowest BCUT2D eigenvalue weighted by molar-refractivity contribution is 0.337. The standard InChI is InChI=1S/C16H27N/c1-14(2)15-6-8-16(3,9-7-15)10-13-17-11-4-5-12-17/h6,8,10,13-15H,4-5,7,9,11-12H2,1-3H3/b13-10-/t15-,16-/m0/s1. The van der Waals surface area contributed by atoms with E-state index in [0.29, 0.717) is 5.41 Å². The molecule has 0 N–H and O–H groups in total. The molecule has 1 aliphatic carbocycles. The summed E-state index contributed by atoms with van der Waals surface area (Å²) in [6.45, 7) is 9.54. The van der Waals surface area contributed by atoms with Crippen molar-refractivity contribution >= 4 is 0 Å². The molecule has 2 rings (SSSR count). The molecule has 2 atom stereocenters. The average molecular weight is 233 g/mol. The first-order valence-electron chi connectivity index (χ1n) is 7.22. The first-order valence-corrected chi connectivity index (χ1v) is 7.22. The molecule has 1 aliphatic heterocycles. The number of nitrogens with zero attached hydrogens (tertiary/aromatic N) is 1. The van der Waals surface area contributed by atoms with Gasteiger partial charge in [-0.25, -0.2) is 0 Å². The van der Waals surface area contributed by atoms with Crippen LogP contribution < -0.4 is 0 Å². The van der Waals surface area contributed by atoms with Crippen molar-refractivity contribution in [2.45, 2.75) is 46.5 Å². The SMILES string of the molecule is CC(C)[C@H]1C=C[C@](C)(/C=C\N2CCCC2)CC1. The van der Waals surface area contributed by atoms with Crippen molar-refractivity contribution in [1.82, 2.24) is 4.90 Å². The molecule has 0 saturated carbocycles. The molecule has 1 saturated heterocycles. The van der Waals surface area contributed by atoms with E-state index in [1.807, 2.05) is 0 Å². The Morgan fingerprint density at radius 1 is 1.29 bits per heavy atom. The van der Waals surface area contributed by atoms with E-state index in [1.165, 1.54) is 38.8 Å². The molecule has 0 unspecified atom stereocenters. The predicted molar refractivity (Wildman–Crippen MR) is 74.8 cm³/mol. The molecule has 0 spiro atoms. The van der Waals surface area contributed by atoms with E-state index in [1.54, 1.807) is 0 Å². The fourth-order valence-electron chi connectivity index (χ4n) is 2.86. The molecule has 0 radical (unpaired) electrons. The molecular formula is C16H27N. The monoisotopic (exact) mass is 233 g/mol. The minimum atomic E-state index is 0.300. The third-order valence-corrected chi connectivity index (χ3v) is 4.40. The van der Waals surface area contributed by atoms with E-state index in [9.17, 15) is 0 Å². The molecule has 1 nitrogen and oxygen atoms in total. The highest BCUT2D eigenvalue weighted by Crippen LogP contribution is 2.36. The Bertz CT molecular complexity index is 297. The van der Waals surface area contributed by atoms with Gasteiger partial charge in [-0.05, 0) is 43.7 Å². The van der Waals surface area contributed by atoms with Crippen molar-refractivity contribution in [3.63, 3.8) is 0 Å².